The largest absolute Gasteiger partial charge is 0.351 e. The molecule has 0 bridgehead atoms. The zero-order chi connectivity index (χ0) is 13.6. The van der Waals surface area contributed by atoms with Crippen molar-refractivity contribution in [3.8, 4) is 0 Å². The minimum Gasteiger partial charge on any atom is -0.351 e. The zero-order valence-corrected chi connectivity index (χ0v) is 10.6. The van der Waals surface area contributed by atoms with Crippen molar-refractivity contribution in [2.45, 2.75) is 6.92 Å². The van der Waals surface area contributed by atoms with Crippen LogP contribution in [0.15, 0.2) is 18.3 Å². The smallest absolute Gasteiger partial charge is 0.255 e. The zero-order valence-electron chi connectivity index (χ0n) is 9.81. The van der Waals surface area contributed by atoms with E-state index in [4.69, 9.17) is 0 Å². The quantitative estimate of drug-likeness (QED) is 0.709. The highest BCUT2D eigenvalue weighted by Crippen LogP contribution is 2.02. The van der Waals surface area contributed by atoms with Crippen molar-refractivity contribution in [1.82, 2.24) is 15.0 Å². The summed E-state index contributed by atoms with van der Waals surface area (Å²) in [6.45, 7) is 1.84. The van der Waals surface area contributed by atoms with E-state index < -0.39 is 21.9 Å². The maximum atomic E-state index is 13.1. The standard InChI is InChI=1S/C10H14FN3O3S/c1-2-14-18(16,17)7-6-13-10(15)8-4-3-5-12-9(8)11/h3-5,14H,2,6-7H2,1H3,(H,13,15). The summed E-state index contributed by atoms with van der Waals surface area (Å²) < 4.78 is 37.9. The third-order valence-electron chi connectivity index (χ3n) is 2.02. The number of hydrogen-bond donors (Lipinski definition) is 2. The van der Waals surface area contributed by atoms with Crippen LogP contribution in [-0.4, -0.2) is 38.2 Å². The molecule has 1 heterocycles. The average Bonchev–Trinajstić information content (AvgIpc) is 2.29. The van der Waals surface area contributed by atoms with Crippen LogP contribution in [0.1, 0.15) is 17.3 Å². The molecule has 0 unspecified atom stereocenters. The van der Waals surface area contributed by atoms with E-state index in [1.54, 1.807) is 6.92 Å². The fraction of sp³-hybridized carbons (Fsp3) is 0.400. The highest BCUT2D eigenvalue weighted by molar-refractivity contribution is 7.89. The summed E-state index contributed by atoms with van der Waals surface area (Å²) in [5.74, 6) is -1.83. The fourth-order valence-corrected chi connectivity index (χ4v) is 2.20. The second-order valence-corrected chi connectivity index (χ2v) is 5.34. The molecule has 0 aromatic carbocycles. The topological polar surface area (TPSA) is 88.2 Å². The van der Waals surface area contributed by atoms with Crippen LogP contribution in [0, 0.1) is 5.95 Å². The van der Waals surface area contributed by atoms with Crippen LogP contribution >= 0.6 is 0 Å². The Bertz CT molecular complexity index is 519. The van der Waals surface area contributed by atoms with Gasteiger partial charge in [0.05, 0.1) is 11.3 Å². The minimum absolute atomic E-state index is 0.0947. The van der Waals surface area contributed by atoms with E-state index in [0.717, 1.165) is 0 Å². The number of rotatable bonds is 6. The second kappa shape index (κ2) is 6.41. The van der Waals surface area contributed by atoms with Gasteiger partial charge in [-0.1, -0.05) is 6.92 Å². The molecule has 2 N–H and O–H groups in total. The Morgan fingerprint density at radius 2 is 2.22 bits per heavy atom. The number of carbonyl (C=O) groups is 1. The molecule has 0 radical (unpaired) electrons. The molecule has 0 spiro atoms. The highest BCUT2D eigenvalue weighted by Gasteiger charge is 2.13. The Morgan fingerprint density at radius 1 is 1.50 bits per heavy atom. The first-order valence-corrected chi connectivity index (χ1v) is 6.97. The molecule has 0 saturated carbocycles. The van der Waals surface area contributed by atoms with Gasteiger partial charge >= 0.3 is 0 Å². The van der Waals surface area contributed by atoms with E-state index >= 15 is 0 Å². The number of aromatic nitrogens is 1. The molecule has 0 saturated heterocycles. The van der Waals surface area contributed by atoms with Crippen LogP contribution in [-0.2, 0) is 10.0 Å². The number of hydrogen-bond acceptors (Lipinski definition) is 4. The lowest BCUT2D eigenvalue weighted by molar-refractivity contribution is 0.0951. The first-order valence-electron chi connectivity index (χ1n) is 5.32. The van der Waals surface area contributed by atoms with Crippen molar-refractivity contribution in [1.29, 1.82) is 0 Å². The molecule has 1 aromatic heterocycles. The molecule has 0 atom stereocenters. The van der Waals surface area contributed by atoms with Gasteiger partial charge in [0.25, 0.3) is 5.91 Å². The fourth-order valence-electron chi connectivity index (χ4n) is 1.24. The van der Waals surface area contributed by atoms with Gasteiger partial charge < -0.3 is 5.32 Å². The van der Waals surface area contributed by atoms with Gasteiger partial charge in [-0.3, -0.25) is 4.79 Å². The van der Waals surface area contributed by atoms with Gasteiger partial charge in [-0.15, -0.1) is 0 Å². The number of halogens is 1. The maximum absolute atomic E-state index is 13.1. The molecule has 1 rings (SSSR count). The maximum Gasteiger partial charge on any atom is 0.255 e. The van der Waals surface area contributed by atoms with Crippen LogP contribution in [0.4, 0.5) is 4.39 Å². The minimum atomic E-state index is -3.39. The van der Waals surface area contributed by atoms with Crippen molar-refractivity contribution >= 4 is 15.9 Å². The van der Waals surface area contributed by atoms with Gasteiger partial charge in [0.1, 0.15) is 0 Å². The molecule has 0 aliphatic heterocycles. The Balaban J connectivity index is 2.51. The molecular formula is C10H14FN3O3S. The number of sulfonamides is 1. The molecule has 1 aromatic rings. The van der Waals surface area contributed by atoms with Gasteiger partial charge in [0.15, 0.2) is 0 Å². The summed E-state index contributed by atoms with van der Waals surface area (Å²) in [7, 11) is -3.39. The molecular weight excluding hydrogens is 261 g/mol. The molecule has 8 heteroatoms. The van der Waals surface area contributed by atoms with Crippen molar-refractivity contribution < 1.29 is 17.6 Å². The van der Waals surface area contributed by atoms with Crippen LogP contribution in [0.25, 0.3) is 0 Å². The van der Waals surface area contributed by atoms with E-state index in [2.05, 4.69) is 15.0 Å². The van der Waals surface area contributed by atoms with Gasteiger partial charge in [-0.05, 0) is 12.1 Å². The van der Waals surface area contributed by atoms with E-state index in [-0.39, 0.29) is 24.4 Å². The predicted molar refractivity (Wildman–Crippen MR) is 64.0 cm³/mol. The monoisotopic (exact) mass is 275 g/mol. The van der Waals surface area contributed by atoms with Crippen LogP contribution < -0.4 is 10.0 Å². The van der Waals surface area contributed by atoms with Gasteiger partial charge in [0, 0.05) is 19.3 Å². The van der Waals surface area contributed by atoms with Crippen molar-refractivity contribution in [2.75, 3.05) is 18.8 Å². The predicted octanol–water partition coefficient (Wildman–Crippen LogP) is -0.110. The lowest BCUT2D eigenvalue weighted by Gasteiger charge is -2.06. The van der Waals surface area contributed by atoms with Gasteiger partial charge in [-0.2, -0.15) is 4.39 Å². The number of nitrogens with zero attached hydrogens (tertiary/aromatic N) is 1. The number of pyridine rings is 1. The summed E-state index contributed by atoms with van der Waals surface area (Å²) in [6.07, 6.45) is 1.22. The summed E-state index contributed by atoms with van der Waals surface area (Å²) in [5.41, 5.74) is -0.210. The summed E-state index contributed by atoms with van der Waals surface area (Å²) in [5, 5.41) is 2.32. The number of nitrogens with one attached hydrogen (secondary N) is 2. The molecule has 1 amide bonds. The Hall–Kier alpha value is -1.54. The van der Waals surface area contributed by atoms with Crippen LogP contribution in [0.2, 0.25) is 0 Å². The first kappa shape index (κ1) is 14.5. The van der Waals surface area contributed by atoms with E-state index in [1.165, 1.54) is 18.3 Å². The lowest BCUT2D eigenvalue weighted by Crippen LogP contribution is -2.34. The molecule has 18 heavy (non-hydrogen) atoms. The Morgan fingerprint density at radius 3 is 2.83 bits per heavy atom. The van der Waals surface area contributed by atoms with Crippen molar-refractivity contribution in [3.05, 3.63) is 29.8 Å². The van der Waals surface area contributed by atoms with Gasteiger partial charge in [-0.25, -0.2) is 18.1 Å². The lowest BCUT2D eigenvalue weighted by atomic mass is 10.2. The highest BCUT2D eigenvalue weighted by atomic mass is 32.2. The van der Waals surface area contributed by atoms with E-state index in [9.17, 15) is 17.6 Å². The van der Waals surface area contributed by atoms with Crippen molar-refractivity contribution in [2.24, 2.45) is 0 Å². The number of carbonyl (C=O) groups excluding carboxylic acids is 1. The van der Waals surface area contributed by atoms with E-state index in [0.29, 0.717) is 0 Å². The van der Waals surface area contributed by atoms with Gasteiger partial charge in [0.2, 0.25) is 16.0 Å². The second-order valence-electron chi connectivity index (χ2n) is 3.41. The summed E-state index contributed by atoms with van der Waals surface area (Å²) in [6, 6.07) is 2.70. The molecule has 0 aliphatic rings. The molecule has 6 nitrogen and oxygen atoms in total. The average molecular weight is 275 g/mol. The van der Waals surface area contributed by atoms with Crippen molar-refractivity contribution in [3.63, 3.8) is 0 Å². The molecule has 0 aliphatic carbocycles. The van der Waals surface area contributed by atoms with E-state index in [1.807, 2.05) is 0 Å². The molecule has 100 valence electrons. The normalized spacial score (nSPS) is 11.2. The Labute approximate surface area is 105 Å². The third kappa shape index (κ3) is 4.38. The Kier molecular flexibility index (Phi) is 5.17. The SMILES string of the molecule is CCNS(=O)(=O)CCNC(=O)c1cccnc1F. The van der Waals surface area contributed by atoms with Crippen LogP contribution in [0.3, 0.4) is 0 Å². The third-order valence-corrected chi connectivity index (χ3v) is 3.49. The summed E-state index contributed by atoms with van der Waals surface area (Å²) in [4.78, 5) is 14.8. The summed E-state index contributed by atoms with van der Waals surface area (Å²) >= 11 is 0. The number of amides is 1. The van der Waals surface area contributed by atoms with Crippen LogP contribution in [0.5, 0.6) is 0 Å². The molecule has 0 fully saturated rings. The first-order chi connectivity index (χ1) is 8.46.